The third-order valence-electron chi connectivity index (χ3n) is 2.03. The summed E-state index contributed by atoms with van der Waals surface area (Å²) in [6, 6.07) is 1.25. The SMILES string of the molecule is CC[N-]CC.[CH2-]CN(C(C)C)C(C)C.[Zr+2]. The van der Waals surface area contributed by atoms with E-state index in [1.165, 1.54) is 0 Å². The summed E-state index contributed by atoms with van der Waals surface area (Å²) in [4.78, 5) is 2.35. The Morgan fingerprint density at radius 1 is 1.00 bits per heavy atom. The van der Waals surface area contributed by atoms with Crippen molar-refractivity contribution in [2.24, 2.45) is 0 Å². The van der Waals surface area contributed by atoms with Gasteiger partial charge in [0.1, 0.15) is 0 Å². The van der Waals surface area contributed by atoms with Gasteiger partial charge in [0, 0.05) is 12.1 Å². The zero-order chi connectivity index (χ0) is 11.6. The summed E-state index contributed by atoms with van der Waals surface area (Å²) in [6.45, 7) is 19.6. The molecule has 2 nitrogen and oxygen atoms in total. The third kappa shape index (κ3) is 14.8. The molecule has 0 aliphatic carbocycles. The molecule has 15 heavy (non-hydrogen) atoms. The van der Waals surface area contributed by atoms with E-state index in [1.54, 1.807) is 0 Å². The molecule has 0 aromatic heterocycles. The molecule has 0 fully saturated rings. The summed E-state index contributed by atoms with van der Waals surface area (Å²) in [5.41, 5.74) is 0. The largest absolute Gasteiger partial charge is 2.00 e. The van der Waals surface area contributed by atoms with E-state index in [0.717, 1.165) is 19.6 Å². The van der Waals surface area contributed by atoms with Crippen molar-refractivity contribution in [1.29, 1.82) is 0 Å². The molecular formula is C12H28N2Zr. The normalized spacial score (nSPS) is 10.0. The van der Waals surface area contributed by atoms with Crippen LogP contribution in [0.1, 0.15) is 41.5 Å². The molecule has 0 N–H and O–H groups in total. The monoisotopic (exact) mass is 290 g/mol. The van der Waals surface area contributed by atoms with E-state index in [0.29, 0.717) is 12.1 Å². The van der Waals surface area contributed by atoms with Crippen molar-refractivity contribution in [2.75, 3.05) is 19.6 Å². The summed E-state index contributed by atoms with van der Waals surface area (Å²) in [5.74, 6) is 0. The standard InChI is InChI=1S/C8H18N.C4H10N.Zr/c1-6-9(7(2)3)8(4)5;1-3-5-4-2;/h7-8H,1,6H2,2-5H3;3-4H2,1-2H3;/q2*-1;+2. The Bertz CT molecular complexity index is 95.8. The van der Waals surface area contributed by atoms with Crippen LogP contribution in [-0.2, 0) is 26.2 Å². The van der Waals surface area contributed by atoms with Gasteiger partial charge in [-0.3, -0.25) is 0 Å². The van der Waals surface area contributed by atoms with Crippen LogP contribution >= 0.6 is 0 Å². The molecule has 0 atom stereocenters. The third-order valence-corrected chi connectivity index (χ3v) is 2.03. The van der Waals surface area contributed by atoms with Gasteiger partial charge in [0.15, 0.2) is 0 Å². The minimum atomic E-state index is 0. The molecular weight excluding hydrogens is 263 g/mol. The molecule has 0 saturated carbocycles. The van der Waals surface area contributed by atoms with Crippen molar-refractivity contribution in [1.82, 2.24) is 4.90 Å². The van der Waals surface area contributed by atoms with Gasteiger partial charge in [0.05, 0.1) is 0 Å². The fourth-order valence-corrected chi connectivity index (χ4v) is 1.34. The average molecular weight is 292 g/mol. The molecule has 0 unspecified atom stereocenters. The van der Waals surface area contributed by atoms with Gasteiger partial charge in [-0.25, -0.2) is 0 Å². The first-order valence-corrected chi connectivity index (χ1v) is 5.69. The predicted octanol–water partition coefficient (Wildman–Crippen LogP) is 3.34. The number of hydrogen-bond donors (Lipinski definition) is 0. The van der Waals surface area contributed by atoms with Gasteiger partial charge in [-0.15, -0.1) is 6.54 Å². The maximum Gasteiger partial charge on any atom is 2.00 e. The topological polar surface area (TPSA) is 17.3 Å². The molecule has 0 aromatic carbocycles. The summed E-state index contributed by atoms with van der Waals surface area (Å²) in [6.07, 6.45) is 0. The van der Waals surface area contributed by atoms with E-state index in [4.69, 9.17) is 0 Å². The second-order valence-electron chi connectivity index (χ2n) is 3.78. The Morgan fingerprint density at radius 2 is 1.33 bits per heavy atom. The molecule has 0 aromatic rings. The summed E-state index contributed by atoms with van der Waals surface area (Å²) < 4.78 is 0. The van der Waals surface area contributed by atoms with Crippen LogP contribution < -0.4 is 0 Å². The van der Waals surface area contributed by atoms with Crippen LogP contribution in [0.15, 0.2) is 0 Å². The first-order chi connectivity index (χ1) is 6.51. The molecule has 0 rings (SSSR count). The van der Waals surface area contributed by atoms with Gasteiger partial charge in [0.25, 0.3) is 0 Å². The molecule has 0 bridgehead atoms. The van der Waals surface area contributed by atoms with E-state index in [2.05, 4.69) is 44.8 Å². The second kappa shape index (κ2) is 14.8. The van der Waals surface area contributed by atoms with Gasteiger partial charge in [-0.1, -0.05) is 13.8 Å². The van der Waals surface area contributed by atoms with E-state index < -0.39 is 0 Å². The molecule has 0 heterocycles. The maximum absolute atomic E-state index is 3.97. The number of hydrogen-bond acceptors (Lipinski definition) is 1. The number of nitrogens with zero attached hydrogens (tertiary/aromatic N) is 2. The van der Waals surface area contributed by atoms with Crippen molar-refractivity contribution >= 4 is 0 Å². The second-order valence-corrected chi connectivity index (χ2v) is 3.78. The van der Waals surface area contributed by atoms with Crippen LogP contribution in [0.2, 0.25) is 0 Å². The van der Waals surface area contributed by atoms with E-state index in [1.807, 2.05) is 13.8 Å². The zero-order valence-electron chi connectivity index (χ0n) is 11.4. The van der Waals surface area contributed by atoms with Crippen molar-refractivity contribution in [3.63, 3.8) is 0 Å². The smallest absolute Gasteiger partial charge is 0.663 e. The van der Waals surface area contributed by atoms with Crippen molar-refractivity contribution in [3.05, 3.63) is 12.2 Å². The van der Waals surface area contributed by atoms with Crippen molar-refractivity contribution in [2.45, 2.75) is 53.6 Å². The minimum Gasteiger partial charge on any atom is -0.663 e. The molecule has 0 amide bonds. The summed E-state index contributed by atoms with van der Waals surface area (Å²) >= 11 is 0. The average Bonchev–Trinajstić information content (AvgIpc) is 2.06. The van der Waals surface area contributed by atoms with Gasteiger partial charge in [-0.2, -0.15) is 13.1 Å². The fourth-order valence-electron chi connectivity index (χ4n) is 1.34. The van der Waals surface area contributed by atoms with Crippen molar-refractivity contribution < 1.29 is 26.2 Å². The molecule has 90 valence electrons. The Kier molecular flexibility index (Phi) is 20.8. The van der Waals surface area contributed by atoms with Gasteiger partial charge in [0.2, 0.25) is 0 Å². The quantitative estimate of drug-likeness (QED) is 0.710. The Morgan fingerprint density at radius 3 is 1.33 bits per heavy atom. The van der Waals surface area contributed by atoms with E-state index in [-0.39, 0.29) is 26.2 Å². The minimum absolute atomic E-state index is 0. The maximum atomic E-state index is 3.97. The molecule has 0 saturated heterocycles. The Labute approximate surface area is 116 Å². The molecule has 0 radical (unpaired) electrons. The van der Waals surface area contributed by atoms with E-state index in [9.17, 15) is 0 Å². The zero-order valence-corrected chi connectivity index (χ0v) is 13.8. The summed E-state index contributed by atoms with van der Waals surface area (Å²) in [7, 11) is 0. The van der Waals surface area contributed by atoms with Crippen molar-refractivity contribution in [3.8, 4) is 0 Å². The van der Waals surface area contributed by atoms with Crippen LogP contribution in [0.25, 0.3) is 5.32 Å². The first kappa shape index (κ1) is 21.1. The van der Waals surface area contributed by atoms with E-state index >= 15 is 0 Å². The number of rotatable bonds is 5. The first-order valence-electron chi connectivity index (χ1n) is 5.69. The van der Waals surface area contributed by atoms with Crippen LogP contribution in [0.5, 0.6) is 0 Å². The van der Waals surface area contributed by atoms with Gasteiger partial charge in [-0.05, 0) is 27.7 Å². The van der Waals surface area contributed by atoms with Gasteiger partial charge < -0.3 is 17.1 Å². The van der Waals surface area contributed by atoms with Gasteiger partial charge >= 0.3 is 26.2 Å². The molecule has 0 aliphatic heterocycles. The van der Waals surface area contributed by atoms with Crippen LogP contribution in [0, 0.1) is 6.92 Å². The van der Waals surface area contributed by atoms with Crippen LogP contribution in [0.3, 0.4) is 0 Å². The predicted molar refractivity (Wildman–Crippen MR) is 66.8 cm³/mol. The Balaban J connectivity index is -0.000000208. The molecule has 3 heteroatoms. The van der Waals surface area contributed by atoms with Crippen LogP contribution in [0.4, 0.5) is 0 Å². The fraction of sp³-hybridized carbons (Fsp3) is 0.917. The Hall–Kier alpha value is 0.803. The summed E-state index contributed by atoms with van der Waals surface area (Å²) in [5, 5.41) is 3.97. The molecule has 0 aliphatic rings. The van der Waals surface area contributed by atoms with Crippen LogP contribution in [-0.4, -0.2) is 36.6 Å². The molecule has 0 spiro atoms.